The number of carbonyl (C=O) groups is 1. The zero-order chi connectivity index (χ0) is 19.1. The predicted octanol–water partition coefficient (Wildman–Crippen LogP) is 2.56. The van der Waals surface area contributed by atoms with Crippen LogP contribution in [0.2, 0.25) is 4.47 Å². The average molecular weight is 405 g/mol. The van der Waals surface area contributed by atoms with Gasteiger partial charge in [0.1, 0.15) is 30.9 Å². The van der Waals surface area contributed by atoms with Crippen LogP contribution in [0.4, 0.5) is 0 Å². The Morgan fingerprint density at radius 2 is 2.19 bits per heavy atom. The van der Waals surface area contributed by atoms with Gasteiger partial charge < -0.3 is 19.7 Å². The fourth-order valence-corrected chi connectivity index (χ4v) is 3.34. The third-order valence-corrected chi connectivity index (χ3v) is 4.78. The molecule has 0 saturated carbocycles. The zero-order valence-electron chi connectivity index (χ0n) is 14.4. The van der Waals surface area contributed by atoms with E-state index in [-0.39, 0.29) is 18.8 Å². The van der Waals surface area contributed by atoms with Crippen molar-refractivity contribution in [3.05, 3.63) is 57.3 Å². The summed E-state index contributed by atoms with van der Waals surface area (Å²) in [5.41, 5.74) is 0.724. The van der Waals surface area contributed by atoms with Crippen LogP contribution in [-0.2, 0) is 16.1 Å². The van der Waals surface area contributed by atoms with Gasteiger partial charge in [0.25, 0.3) is 0 Å². The normalized spacial score (nSPS) is 15.0. The van der Waals surface area contributed by atoms with Gasteiger partial charge in [-0.3, -0.25) is 0 Å². The Hall–Kier alpha value is -2.76. The van der Waals surface area contributed by atoms with Crippen LogP contribution in [0.15, 0.2) is 47.1 Å². The highest BCUT2D eigenvalue weighted by atomic mass is 35.5. The second-order valence-corrected chi connectivity index (χ2v) is 7.01. The molecule has 1 saturated heterocycles. The second kappa shape index (κ2) is 9.26. The Morgan fingerprint density at radius 1 is 1.37 bits per heavy atom. The van der Waals surface area contributed by atoms with Gasteiger partial charge in [0.2, 0.25) is 0 Å². The highest BCUT2D eigenvalue weighted by Gasteiger charge is 2.26. The summed E-state index contributed by atoms with van der Waals surface area (Å²) in [6.45, 7) is 2.00. The minimum absolute atomic E-state index is 0.0495. The smallest absolute Gasteiger partial charge is 0.352 e. The van der Waals surface area contributed by atoms with E-state index in [1.807, 2.05) is 46.7 Å². The number of thiazole rings is 1. The molecule has 2 aromatic rings. The predicted molar refractivity (Wildman–Crippen MR) is 101 cm³/mol. The molecule has 0 unspecified atom stereocenters. The van der Waals surface area contributed by atoms with E-state index in [2.05, 4.69) is 10.3 Å². The maximum Gasteiger partial charge on any atom is 0.352 e. The monoisotopic (exact) mass is 404 g/mol. The topological polar surface area (TPSA) is 87.5 Å². The fourth-order valence-electron chi connectivity index (χ4n) is 2.57. The van der Waals surface area contributed by atoms with E-state index in [9.17, 15) is 10.1 Å². The van der Waals surface area contributed by atoms with Crippen LogP contribution in [-0.4, -0.2) is 42.2 Å². The van der Waals surface area contributed by atoms with Crippen molar-refractivity contribution >= 4 is 28.9 Å². The van der Waals surface area contributed by atoms with Crippen LogP contribution in [0.3, 0.4) is 0 Å². The van der Waals surface area contributed by atoms with Crippen molar-refractivity contribution in [2.45, 2.75) is 6.54 Å². The van der Waals surface area contributed by atoms with E-state index in [4.69, 9.17) is 21.1 Å². The maximum atomic E-state index is 12.3. The Bertz CT molecular complexity index is 863. The van der Waals surface area contributed by atoms with Gasteiger partial charge in [-0.1, -0.05) is 29.8 Å². The number of ether oxygens (including phenoxy) is 2. The van der Waals surface area contributed by atoms with Crippen LogP contribution in [0.1, 0.15) is 5.69 Å². The van der Waals surface area contributed by atoms with Crippen LogP contribution >= 0.6 is 22.9 Å². The molecule has 9 heteroatoms. The summed E-state index contributed by atoms with van der Waals surface area (Å²) < 4.78 is 11.1. The highest BCUT2D eigenvalue weighted by Crippen LogP contribution is 2.20. The number of nitrogens with zero attached hydrogens (tertiary/aromatic N) is 3. The molecule has 27 heavy (non-hydrogen) atoms. The summed E-state index contributed by atoms with van der Waals surface area (Å²) in [6, 6.07) is 11.2. The number of hydrogen-bond donors (Lipinski definition) is 1. The highest BCUT2D eigenvalue weighted by molar-refractivity contribution is 7.13. The molecule has 140 valence electrons. The minimum Gasteiger partial charge on any atom is -0.490 e. The Morgan fingerprint density at radius 3 is 2.89 bits per heavy atom. The molecule has 1 aromatic heterocycles. The van der Waals surface area contributed by atoms with Gasteiger partial charge in [0, 0.05) is 18.5 Å². The molecule has 0 bridgehead atoms. The number of hydrogen-bond acceptors (Lipinski definition) is 8. The summed E-state index contributed by atoms with van der Waals surface area (Å²) in [7, 11) is 0. The average Bonchev–Trinajstić information content (AvgIpc) is 3.30. The van der Waals surface area contributed by atoms with Crippen molar-refractivity contribution in [3.8, 4) is 11.8 Å². The number of esters is 1. The van der Waals surface area contributed by atoms with Gasteiger partial charge in [0.15, 0.2) is 10.0 Å². The van der Waals surface area contributed by atoms with E-state index >= 15 is 0 Å². The van der Waals surface area contributed by atoms with Crippen molar-refractivity contribution in [1.29, 1.82) is 5.26 Å². The van der Waals surface area contributed by atoms with Crippen molar-refractivity contribution in [3.63, 3.8) is 0 Å². The maximum absolute atomic E-state index is 12.3. The van der Waals surface area contributed by atoms with Crippen LogP contribution in [0.5, 0.6) is 5.75 Å². The molecule has 3 rings (SSSR count). The lowest BCUT2D eigenvalue weighted by atomic mass is 10.2. The number of halogens is 1. The number of nitrogens with one attached hydrogen (secondary N) is 1. The molecule has 1 aromatic carbocycles. The lowest BCUT2D eigenvalue weighted by Gasteiger charge is -2.18. The van der Waals surface area contributed by atoms with Crippen LogP contribution in [0, 0.1) is 11.3 Å². The first-order valence-electron chi connectivity index (χ1n) is 8.25. The number of benzene rings is 1. The van der Waals surface area contributed by atoms with Gasteiger partial charge in [-0.05, 0) is 12.1 Å². The standard InChI is InChI=1S/C18H17ClN4O3S/c19-18-22-13(12-27-18)11-23-7-6-21-16(23)15(10-20)17(24)26-9-8-25-14-4-2-1-3-5-14/h1-5,12,21H,6-9,11H2. The van der Waals surface area contributed by atoms with Crippen molar-refractivity contribution in [2.75, 3.05) is 26.3 Å². The number of rotatable bonds is 7. The number of aromatic nitrogens is 1. The molecule has 1 fully saturated rings. The lowest BCUT2D eigenvalue weighted by Crippen LogP contribution is -2.25. The van der Waals surface area contributed by atoms with E-state index < -0.39 is 5.97 Å². The van der Waals surface area contributed by atoms with E-state index in [1.54, 1.807) is 0 Å². The lowest BCUT2D eigenvalue weighted by molar-refractivity contribution is -0.139. The molecular weight excluding hydrogens is 388 g/mol. The number of nitriles is 1. The summed E-state index contributed by atoms with van der Waals surface area (Å²) in [6.07, 6.45) is 0. The minimum atomic E-state index is -0.681. The summed E-state index contributed by atoms with van der Waals surface area (Å²) >= 11 is 7.20. The molecule has 1 aliphatic rings. The van der Waals surface area contributed by atoms with Crippen LogP contribution in [0.25, 0.3) is 0 Å². The molecule has 1 aliphatic heterocycles. The summed E-state index contributed by atoms with van der Waals surface area (Å²) in [4.78, 5) is 18.4. The molecule has 0 radical (unpaired) electrons. The second-order valence-electron chi connectivity index (χ2n) is 5.57. The first-order valence-corrected chi connectivity index (χ1v) is 9.51. The summed E-state index contributed by atoms with van der Waals surface area (Å²) in [5, 5.41) is 14.4. The molecule has 2 heterocycles. The molecule has 0 spiro atoms. The molecule has 0 amide bonds. The van der Waals surface area contributed by atoms with Gasteiger partial charge in [-0.25, -0.2) is 9.78 Å². The van der Waals surface area contributed by atoms with E-state index in [0.29, 0.717) is 35.7 Å². The third-order valence-electron chi connectivity index (χ3n) is 3.75. The first-order chi connectivity index (χ1) is 13.2. The molecule has 0 aliphatic carbocycles. The van der Waals surface area contributed by atoms with E-state index in [1.165, 1.54) is 11.3 Å². The number of para-hydroxylation sites is 1. The van der Waals surface area contributed by atoms with Crippen LogP contribution < -0.4 is 10.1 Å². The molecule has 0 atom stereocenters. The van der Waals surface area contributed by atoms with Gasteiger partial charge in [0.05, 0.1) is 12.2 Å². The Kier molecular flexibility index (Phi) is 6.52. The molecule has 1 N–H and O–H groups in total. The fraction of sp³-hybridized carbons (Fsp3) is 0.278. The van der Waals surface area contributed by atoms with Gasteiger partial charge >= 0.3 is 5.97 Å². The molecule has 7 nitrogen and oxygen atoms in total. The largest absolute Gasteiger partial charge is 0.490 e. The molecular formula is C18H17ClN4O3S. The third kappa shape index (κ3) is 5.12. The Labute approximate surface area is 165 Å². The van der Waals surface area contributed by atoms with E-state index in [0.717, 1.165) is 5.69 Å². The quantitative estimate of drug-likeness (QED) is 0.328. The van der Waals surface area contributed by atoms with Gasteiger partial charge in [-0.2, -0.15) is 5.26 Å². The van der Waals surface area contributed by atoms with Crippen molar-refractivity contribution < 1.29 is 14.3 Å². The SMILES string of the molecule is N#CC(C(=O)OCCOc1ccccc1)=C1NCCN1Cc1csc(Cl)n1. The Balaban J connectivity index is 1.58. The zero-order valence-corrected chi connectivity index (χ0v) is 15.9. The van der Waals surface area contributed by atoms with Crippen molar-refractivity contribution in [1.82, 2.24) is 15.2 Å². The summed E-state index contributed by atoms with van der Waals surface area (Å²) in [5.74, 6) is 0.466. The van der Waals surface area contributed by atoms with Crippen molar-refractivity contribution in [2.24, 2.45) is 0 Å². The first kappa shape index (κ1) is 19.0. The number of carbonyl (C=O) groups excluding carboxylic acids is 1. The van der Waals surface area contributed by atoms with Gasteiger partial charge in [-0.15, -0.1) is 11.3 Å².